The van der Waals surface area contributed by atoms with Crippen LogP contribution in [0.2, 0.25) is 5.02 Å². The third-order valence-electron chi connectivity index (χ3n) is 15.9. The van der Waals surface area contributed by atoms with Gasteiger partial charge in [0.25, 0.3) is 11.8 Å². The number of allylic oxidation sites excluding steroid dienone is 3. The van der Waals surface area contributed by atoms with Crippen molar-refractivity contribution in [3.63, 3.8) is 0 Å². The number of nitrogens with one attached hydrogen (secondary N) is 5. The summed E-state index contributed by atoms with van der Waals surface area (Å²) < 4.78 is 22.7. The average molecular weight is 1310 g/mol. The van der Waals surface area contributed by atoms with Crippen molar-refractivity contribution in [2.75, 3.05) is 58.1 Å². The molecule has 4 bridgehead atoms. The van der Waals surface area contributed by atoms with E-state index in [0.717, 1.165) is 16.0 Å². The normalized spacial score (nSPS) is 21.0. The van der Waals surface area contributed by atoms with E-state index in [9.17, 15) is 62.6 Å². The predicted octanol–water partition coefficient (Wildman–Crippen LogP) is 4.86. The van der Waals surface area contributed by atoms with Gasteiger partial charge in [0.2, 0.25) is 29.5 Å². The molecule has 28 nitrogen and oxygen atoms in total. The van der Waals surface area contributed by atoms with E-state index in [-0.39, 0.29) is 88.5 Å². The van der Waals surface area contributed by atoms with Gasteiger partial charge in [-0.05, 0) is 86.8 Å². The van der Waals surface area contributed by atoms with Gasteiger partial charge >= 0.3 is 30.2 Å². The Hall–Kier alpha value is -8.79. The lowest BCUT2D eigenvalue weighted by molar-refractivity contribution is -0.197. The van der Waals surface area contributed by atoms with E-state index in [0.29, 0.717) is 47.0 Å². The number of methoxy groups -OCH3 is 1. The fourth-order valence-electron chi connectivity index (χ4n) is 10.3. The maximum absolute atomic E-state index is 14.2. The Bertz CT molecular complexity index is 3050. The van der Waals surface area contributed by atoms with Gasteiger partial charge in [0.15, 0.2) is 0 Å². The van der Waals surface area contributed by atoms with E-state index in [1.165, 1.54) is 50.2 Å². The number of primary amides is 1. The number of benzene rings is 2. The average Bonchev–Trinajstić information content (AvgIpc) is 0.993. The standard InChI is InChI=1S/C63H87ClN10O18/c1-36(2)57(70-49(75)18-12-13-19-54(80)92-74-51(77)24-25-52(74)78)60(84)69-44(17-14-27-66-61(65)85)59(83)67-42-22-20-40(21-23-42)35-89-63(87)71(6)28-26-50(76)72(7)34-55(81)90-47-33-53(79)73(8)45-30-41(31-48(88-9)56(45)64)29-37(3)15-10-11-16-43-32-46(91-62(86)68-43)38(4)58(82)39(47)5/h10-11,15,20-23,30-31,36,38-39,43-44,46-47,57-58,82H,12-14,16-19,24-29,32-35H2,1-9H3,(H,67,83)(H,68,86)(H,69,84)(H,70,75)(H3,65,66,85)/b11-10+,37-15+/t38-,39-,43?,44+,46+,47+,57+,58+/m1/s1. The molecule has 1 unspecified atom stereocenters. The molecular weight excluding hydrogens is 1220 g/mol. The Kier molecular flexibility index (Phi) is 28.7. The first-order chi connectivity index (χ1) is 43.5. The van der Waals surface area contributed by atoms with E-state index in [4.69, 9.17) is 41.1 Å². The summed E-state index contributed by atoms with van der Waals surface area (Å²) >= 11 is 6.78. The van der Waals surface area contributed by atoms with Gasteiger partial charge in [-0.15, -0.1) is 5.06 Å². The minimum Gasteiger partial charge on any atom is -0.495 e. The molecule has 2 aromatic rings. The van der Waals surface area contributed by atoms with E-state index >= 15 is 0 Å². The number of imide groups is 1. The van der Waals surface area contributed by atoms with E-state index in [1.54, 1.807) is 52.0 Å². The number of nitrogens with two attached hydrogens (primary N) is 1. The van der Waals surface area contributed by atoms with Crippen molar-refractivity contribution in [3.8, 4) is 5.75 Å². The van der Waals surface area contributed by atoms with Crippen LogP contribution in [0.4, 0.5) is 25.8 Å². The van der Waals surface area contributed by atoms with E-state index < -0.39 is 133 Å². The minimum absolute atomic E-state index is 0.0470. The number of halogens is 1. The summed E-state index contributed by atoms with van der Waals surface area (Å²) in [7, 11) is 5.76. The second-order valence-electron chi connectivity index (χ2n) is 23.6. The highest BCUT2D eigenvalue weighted by atomic mass is 35.5. The number of anilines is 2. The van der Waals surface area contributed by atoms with Crippen LogP contribution in [-0.2, 0) is 75.2 Å². The highest BCUT2D eigenvalue weighted by Crippen LogP contribution is 2.38. The van der Waals surface area contributed by atoms with Crippen LogP contribution in [-0.4, -0.2) is 176 Å². The van der Waals surface area contributed by atoms with Crippen LogP contribution < -0.4 is 42.0 Å². The minimum atomic E-state index is -1.25. The van der Waals surface area contributed by atoms with Crippen molar-refractivity contribution < 1.29 is 86.4 Å². The van der Waals surface area contributed by atoms with Crippen molar-refractivity contribution in [1.29, 1.82) is 0 Å². The molecule has 3 heterocycles. The number of rotatable bonds is 25. The van der Waals surface area contributed by atoms with Crippen molar-refractivity contribution in [3.05, 3.63) is 76.3 Å². The van der Waals surface area contributed by atoms with Gasteiger partial charge < -0.3 is 75.9 Å². The van der Waals surface area contributed by atoms with Crippen LogP contribution in [0, 0.1) is 17.8 Å². The van der Waals surface area contributed by atoms with Crippen LogP contribution in [0.1, 0.15) is 123 Å². The number of alkyl carbamates (subject to hydrolysis) is 1. The first-order valence-electron chi connectivity index (χ1n) is 30.6. The monoisotopic (exact) mass is 1310 g/mol. The number of urea groups is 1. The molecule has 2 fully saturated rings. The number of ether oxygens (including phenoxy) is 4. The number of hydrogen-bond acceptors (Lipinski definition) is 18. The van der Waals surface area contributed by atoms with Gasteiger partial charge in [-0.25, -0.2) is 19.2 Å². The number of amides is 11. The predicted molar refractivity (Wildman–Crippen MR) is 335 cm³/mol. The lowest BCUT2D eigenvalue weighted by Crippen LogP contribution is -2.54. The fourth-order valence-corrected chi connectivity index (χ4v) is 10.6. The largest absolute Gasteiger partial charge is 0.495 e. The van der Waals surface area contributed by atoms with Crippen molar-refractivity contribution in [2.45, 2.75) is 161 Å². The highest BCUT2D eigenvalue weighted by molar-refractivity contribution is 6.35. The third kappa shape index (κ3) is 22.9. The van der Waals surface area contributed by atoms with Gasteiger partial charge in [-0.2, -0.15) is 0 Å². The zero-order valence-electron chi connectivity index (χ0n) is 53.5. The Morgan fingerprint density at radius 3 is 2.23 bits per heavy atom. The number of carbonyl (C=O) groups is 12. The van der Waals surface area contributed by atoms with E-state index in [1.807, 2.05) is 25.2 Å². The number of likely N-dealkylation sites (N-methyl/N-ethyl adjacent to an activating group) is 1. The fraction of sp³-hybridized carbons (Fsp3) is 0.556. The molecule has 29 heteroatoms. The molecule has 0 spiro atoms. The molecule has 11 amide bonds. The number of carbonyl (C=O) groups excluding carboxylic acids is 12. The first kappa shape index (κ1) is 73.9. The van der Waals surface area contributed by atoms with Crippen LogP contribution >= 0.6 is 11.6 Å². The molecule has 92 heavy (non-hydrogen) atoms. The topological polar surface area (TPSA) is 370 Å². The highest BCUT2D eigenvalue weighted by Gasteiger charge is 2.41. The number of unbranched alkanes of at least 4 members (excludes halogenated alkanes) is 1. The molecule has 2 aromatic carbocycles. The Balaban J connectivity index is 1.13. The number of esters is 1. The third-order valence-corrected chi connectivity index (χ3v) is 16.3. The second-order valence-corrected chi connectivity index (χ2v) is 24.0. The van der Waals surface area contributed by atoms with Gasteiger partial charge in [0, 0.05) is 96.3 Å². The van der Waals surface area contributed by atoms with Gasteiger partial charge in [0.05, 0.1) is 25.3 Å². The Morgan fingerprint density at radius 1 is 0.880 bits per heavy atom. The van der Waals surface area contributed by atoms with Crippen molar-refractivity contribution >= 4 is 94.5 Å². The molecular formula is C63H87ClN10O18. The molecule has 3 aliphatic heterocycles. The number of fused-ring (bicyclic) bond motifs is 4. The van der Waals surface area contributed by atoms with Crippen molar-refractivity contribution in [1.82, 2.24) is 36.1 Å². The maximum atomic E-state index is 14.2. The lowest BCUT2D eigenvalue weighted by Gasteiger charge is -2.38. The van der Waals surface area contributed by atoms with E-state index in [2.05, 4.69) is 26.6 Å². The summed E-state index contributed by atoms with van der Waals surface area (Å²) in [6, 6.07) is 6.49. The summed E-state index contributed by atoms with van der Waals surface area (Å²) in [6.07, 6.45) is 2.17. The zero-order chi connectivity index (χ0) is 67.9. The Labute approximate surface area is 539 Å². The van der Waals surface area contributed by atoms with Crippen molar-refractivity contribution in [2.24, 2.45) is 23.5 Å². The molecule has 0 radical (unpaired) electrons. The molecule has 0 aromatic heterocycles. The Morgan fingerprint density at radius 2 is 1.57 bits per heavy atom. The summed E-state index contributed by atoms with van der Waals surface area (Å²) in [5.74, 6) is -7.45. The smallest absolute Gasteiger partial charge is 0.409 e. The summed E-state index contributed by atoms with van der Waals surface area (Å²) in [4.78, 5) is 163. The van der Waals surface area contributed by atoms with Crippen LogP contribution in [0.5, 0.6) is 5.75 Å². The quantitative estimate of drug-likeness (QED) is 0.0302. The zero-order valence-corrected chi connectivity index (χ0v) is 54.3. The molecule has 2 saturated heterocycles. The number of aliphatic hydroxyl groups is 1. The van der Waals surface area contributed by atoms with Gasteiger partial charge in [-0.1, -0.05) is 75.2 Å². The number of aliphatic hydroxyl groups excluding tert-OH is 1. The first-order valence-corrected chi connectivity index (χ1v) is 30.9. The van der Waals surface area contributed by atoms with Crippen LogP contribution in [0.3, 0.4) is 0 Å². The molecule has 8 atom stereocenters. The molecule has 3 aliphatic rings. The maximum Gasteiger partial charge on any atom is 0.409 e. The number of hydroxylamine groups is 2. The summed E-state index contributed by atoms with van der Waals surface area (Å²) in [5.41, 5.74) is 8.15. The molecule has 0 saturated carbocycles. The van der Waals surface area contributed by atoms with Gasteiger partial charge in [0.1, 0.15) is 48.2 Å². The molecule has 504 valence electrons. The molecule has 0 aliphatic carbocycles. The number of hydrogen-bond donors (Lipinski definition) is 7. The SMILES string of the molecule is COc1cc2cc(c1Cl)N(C)C(=O)C[C@H](OC(=O)CN(C)C(=O)CCN(C)C(=O)OCc1ccc(NC(=O)[C@H](CCCNC(N)=O)NC(=O)[C@@H](NC(=O)CCCCC(=O)ON3C(=O)CCC3=O)C(C)C)cc1)[C@@H](C)[C@@H](O)[C@H](C)[C@@H]1CC(C/C=C/C=C(\C)C2)NC(=O)O1. The lowest BCUT2D eigenvalue weighted by atomic mass is 9.82. The van der Waals surface area contributed by atoms with Crippen LogP contribution in [0.15, 0.2) is 60.2 Å². The molecule has 8 N–H and O–H groups in total. The van der Waals surface area contributed by atoms with Crippen LogP contribution in [0.25, 0.3) is 0 Å². The summed E-state index contributed by atoms with van der Waals surface area (Å²) in [5, 5.41) is 25.9. The summed E-state index contributed by atoms with van der Waals surface area (Å²) in [6.45, 7) is 7.87. The van der Waals surface area contributed by atoms with Gasteiger partial charge in [-0.3, -0.25) is 38.4 Å². The number of nitrogens with zero attached hydrogens (tertiary/aromatic N) is 4. The second kappa shape index (κ2) is 35.7. The molecule has 5 rings (SSSR count).